The van der Waals surface area contributed by atoms with Crippen LogP contribution in [0.4, 0.5) is 11.4 Å². The number of rotatable bonds is 3. The fourth-order valence-corrected chi connectivity index (χ4v) is 2.28. The van der Waals surface area contributed by atoms with Crippen LogP contribution in [0.1, 0.15) is 0 Å². The van der Waals surface area contributed by atoms with Gasteiger partial charge in [0, 0.05) is 18.1 Å². The summed E-state index contributed by atoms with van der Waals surface area (Å²) >= 11 is 6.02. The number of anilines is 2. The fraction of sp³-hybridized carbons (Fsp3) is 0.267. The molecule has 0 bridgehead atoms. The van der Waals surface area contributed by atoms with Crippen LogP contribution < -0.4 is 10.2 Å². The molecule has 1 saturated heterocycles. The Morgan fingerprint density at radius 2 is 1.82 bits per heavy atom. The van der Waals surface area contributed by atoms with Gasteiger partial charge in [-0.2, -0.15) is 15.8 Å². The molecule has 0 amide bonds. The number of benzene rings is 1. The molecule has 0 radical (unpaired) electrons. The summed E-state index contributed by atoms with van der Waals surface area (Å²) < 4.78 is 5.32. The van der Waals surface area contributed by atoms with Gasteiger partial charge in [-0.25, -0.2) is 0 Å². The van der Waals surface area contributed by atoms with Gasteiger partial charge in [0.2, 0.25) is 0 Å². The maximum atomic E-state index is 9.15. The van der Waals surface area contributed by atoms with Crippen LogP contribution in [0.2, 0.25) is 5.02 Å². The quantitative estimate of drug-likeness (QED) is 0.861. The summed E-state index contributed by atoms with van der Waals surface area (Å²) in [6, 6.07) is 10.5. The molecule has 0 unspecified atom stereocenters. The van der Waals surface area contributed by atoms with Crippen LogP contribution in [-0.2, 0) is 4.74 Å². The SMILES string of the molecule is N#CC(C#N)=C(C#N)Nc1cc(Cl)ccc1N1CCOCC1. The number of nitrogens with one attached hydrogen (secondary N) is 1. The van der Waals surface area contributed by atoms with Gasteiger partial charge in [-0.1, -0.05) is 11.6 Å². The predicted octanol–water partition coefficient (Wildman–Crippen LogP) is 2.41. The molecular weight excluding hydrogens is 302 g/mol. The van der Waals surface area contributed by atoms with E-state index < -0.39 is 0 Å². The van der Waals surface area contributed by atoms with Crippen molar-refractivity contribution in [3.05, 3.63) is 34.5 Å². The Hall–Kier alpha value is -2.72. The first-order chi connectivity index (χ1) is 10.7. The number of halogens is 1. The first-order valence-electron chi connectivity index (χ1n) is 6.53. The Bertz CT molecular complexity index is 701. The highest BCUT2D eigenvalue weighted by Crippen LogP contribution is 2.31. The maximum absolute atomic E-state index is 9.15. The summed E-state index contributed by atoms with van der Waals surface area (Å²) in [5.74, 6) is 0. The molecule has 22 heavy (non-hydrogen) atoms. The number of morpholine rings is 1. The molecule has 7 heteroatoms. The number of hydrogen-bond donors (Lipinski definition) is 1. The number of allylic oxidation sites excluding steroid dienone is 2. The normalized spacial score (nSPS) is 13.5. The van der Waals surface area contributed by atoms with Crippen LogP contribution in [0.25, 0.3) is 0 Å². The molecule has 6 nitrogen and oxygen atoms in total. The smallest absolute Gasteiger partial charge is 0.163 e. The summed E-state index contributed by atoms with van der Waals surface area (Å²) in [5, 5.41) is 30.3. The third-order valence-electron chi connectivity index (χ3n) is 3.16. The Labute approximate surface area is 133 Å². The van der Waals surface area contributed by atoms with E-state index in [0.717, 1.165) is 5.69 Å². The van der Waals surface area contributed by atoms with Gasteiger partial charge in [0.15, 0.2) is 5.57 Å². The average molecular weight is 314 g/mol. The Balaban J connectivity index is 2.40. The van der Waals surface area contributed by atoms with E-state index in [1.807, 2.05) is 12.1 Å². The minimum atomic E-state index is -0.268. The third kappa shape index (κ3) is 3.48. The second kappa shape index (κ2) is 7.33. The lowest BCUT2D eigenvalue weighted by Gasteiger charge is -2.30. The van der Waals surface area contributed by atoms with Crippen molar-refractivity contribution in [1.29, 1.82) is 15.8 Å². The van der Waals surface area contributed by atoms with Crippen molar-refractivity contribution >= 4 is 23.0 Å². The van der Waals surface area contributed by atoms with Crippen LogP contribution in [0.3, 0.4) is 0 Å². The van der Waals surface area contributed by atoms with Gasteiger partial charge in [0.05, 0.1) is 24.6 Å². The van der Waals surface area contributed by atoms with E-state index in [0.29, 0.717) is 37.0 Å². The monoisotopic (exact) mass is 313 g/mol. The van der Waals surface area contributed by atoms with Crippen molar-refractivity contribution in [2.45, 2.75) is 0 Å². The highest BCUT2D eigenvalue weighted by Gasteiger charge is 2.17. The summed E-state index contributed by atoms with van der Waals surface area (Å²) in [6.07, 6.45) is 0. The minimum Gasteiger partial charge on any atom is -0.378 e. The van der Waals surface area contributed by atoms with Crippen molar-refractivity contribution in [2.75, 3.05) is 36.5 Å². The van der Waals surface area contributed by atoms with Crippen LogP contribution in [0.15, 0.2) is 29.5 Å². The Morgan fingerprint density at radius 3 is 2.41 bits per heavy atom. The van der Waals surface area contributed by atoms with Crippen molar-refractivity contribution in [2.24, 2.45) is 0 Å². The molecule has 2 rings (SSSR count). The maximum Gasteiger partial charge on any atom is 0.163 e. The molecule has 1 aromatic carbocycles. The average Bonchev–Trinajstić information content (AvgIpc) is 2.56. The van der Waals surface area contributed by atoms with E-state index in [1.165, 1.54) is 0 Å². The predicted molar refractivity (Wildman–Crippen MR) is 82.0 cm³/mol. The highest BCUT2D eigenvalue weighted by molar-refractivity contribution is 6.31. The molecule has 110 valence electrons. The summed E-state index contributed by atoms with van der Waals surface area (Å²) in [7, 11) is 0. The first kappa shape index (κ1) is 15.7. The molecule has 0 aromatic heterocycles. The lowest BCUT2D eigenvalue weighted by Crippen LogP contribution is -2.36. The van der Waals surface area contributed by atoms with Crippen LogP contribution >= 0.6 is 11.6 Å². The van der Waals surface area contributed by atoms with Crippen molar-refractivity contribution < 1.29 is 4.74 Å². The van der Waals surface area contributed by atoms with Gasteiger partial charge in [-0.15, -0.1) is 0 Å². The topological polar surface area (TPSA) is 95.9 Å². The van der Waals surface area contributed by atoms with E-state index in [4.69, 9.17) is 32.1 Å². The second-order valence-corrected chi connectivity index (χ2v) is 4.91. The van der Waals surface area contributed by atoms with Crippen molar-refractivity contribution in [1.82, 2.24) is 0 Å². The van der Waals surface area contributed by atoms with Gasteiger partial charge < -0.3 is 15.0 Å². The zero-order chi connectivity index (χ0) is 15.9. The molecular formula is C15H12ClN5O. The fourth-order valence-electron chi connectivity index (χ4n) is 2.11. The van der Waals surface area contributed by atoms with E-state index in [9.17, 15) is 0 Å². The van der Waals surface area contributed by atoms with Crippen molar-refractivity contribution in [3.63, 3.8) is 0 Å². The molecule has 0 saturated carbocycles. The Kier molecular flexibility index (Phi) is 5.22. The largest absolute Gasteiger partial charge is 0.378 e. The standard InChI is InChI=1S/C15H12ClN5O/c16-12-1-2-15(21-3-5-22-6-4-21)13(7-12)20-14(10-19)11(8-17)9-18/h1-2,7,20H,3-6H2. The molecule has 1 aliphatic rings. The summed E-state index contributed by atoms with van der Waals surface area (Å²) in [5.41, 5.74) is 1.06. The third-order valence-corrected chi connectivity index (χ3v) is 3.39. The van der Waals surface area contributed by atoms with Gasteiger partial charge in [-0.05, 0) is 18.2 Å². The van der Waals surface area contributed by atoms with E-state index >= 15 is 0 Å². The molecule has 0 aliphatic carbocycles. The van der Waals surface area contributed by atoms with Gasteiger partial charge >= 0.3 is 0 Å². The van der Waals surface area contributed by atoms with Gasteiger partial charge in [-0.3, -0.25) is 0 Å². The van der Waals surface area contributed by atoms with E-state index in [2.05, 4.69) is 10.2 Å². The van der Waals surface area contributed by atoms with E-state index in [-0.39, 0.29) is 11.3 Å². The zero-order valence-electron chi connectivity index (χ0n) is 11.6. The number of nitrogens with zero attached hydrogens (tertiary/aromatic N) is 4. The number of hydrogen-bond acceptors (Lipinski definition) is 6. The Morgan fingerprint density at radius 1 is 1.14 bits per heavy atom. The molecule has 0 atom stereocenters. The van der Waals surface area contributed by atoms with Crippen LogP contribution in [0.5, 0.6) is 0 Å². The number of nitriles is 3. The molecule has 0 spiro atoms. The lowest BCUT2D eigenvalue weighted by atomic mass is 10.2. The van der Waals surface area contributed by atoms with Gasteiger partial charge in [0.1, 0.15) is 23.9 Å². The summed E-state index contributed by atoms with van der Waals surface area (Å²) in [6.45, 7) is 2.66. The first-order valence-corrected chi connectivity index (χ1v) is 6.91. The zero-order valence-corrected chi connectivity index (χ0v) is 12.4. The molecule has 1 aromatic rings. The second-order valence-electron chi connectivity index (χ2n) is 4.47. The summed E-state index contributed by atoms with van der Waals surface area (Å²) in [4.78, 5) is 2.09. The number of ether oxygens (including phenoxy) is 1. The highest BCUT2D eigenvalue weighted by atomic mass is 35.5. The molecule has 1 aliphatic heterocycles. The molecule has 1 fully saturated rings. The molecule has 1 N–H and O–H groups in total. The van der Waals surface area contributed by atoms with E-state index in [1.54, 1.807) is 24.3 Å². The molecule has 1 heterocycles. The lowest BCUT2D eigenvalue weighted by molar-refractivity contribution is 0.123. The van der Waals surface area contributed by atoms with Crippen LogP contribution in [-0.4, -0.2) is 26.3 Å². The van der Waals surface area contributed by atoms with Crippen LogP contribution in [0, 0.1) is 34.0 Å². The van der Waals surface area contributed by atoms with Crippen molar-refractivity contribution in [3.8, 4) is 18.2 Å². The minimum absolute atomic E-state index is 0.0956. The van der Waals surface area contributed by atoms with Gasteiger partial charge in [0.25, 0.3) is 0 Å².